The number of benzene rings is 5. The highest BCUT2D eigenvalue weighted by Gasteiger charge is 2.12. The number of hydrogen-bond acceptors (Lipinski definition) is 2. The van der Waals surface area contributed by atoms with E-state index in [1.54, 1.807) is 0 Å². The lowest BCUT2D eigenvalue weighted by atomic mass is 10.0. The van der Waals surface area contributed by atoms with Gasteiger partial charge < -0.3 is 9.32 Å². The number of anilines is 2. The van der Waals surface area contributed by atoms with E-state index >= 15 is 0 Å². The second-order valence-corrected chi connectivity index (χ2v) is 8.30. The Morgan fingerprint density at radius 3 is 2.12 bits per heavy atom. The molecule has 33 heavy (non-hydrogen) atoms. The van der Waals surface area contributed by atoms with Crippen LogP contribution in [0.4, 0.5) is 11.4 Å². The van der Waals surface area contributed by atoms with Crippen LogP contribution < -0.4 is 4.90 Å². The van der Waals surface area contributed by atoms with Crippen molar-refractivity contribution in [1.29, 1.82) is 0 Å². The molecule has 1 aromatic heterocycles. The Bertz CT molecular complexity index is 1580. The Hall–Kier alpha value is -4.30. The van der Waals surface area contributed by atoms with Gasteiger partial charge in [-0.05, 0) is 53.1 Å². The maximum Gasteiger partial charge on any atom is 0.135 e. The summed E-state index contributed by atoms with van der Waals surface area (Å²) in [4.78, 5) is 2.26. The first-order valence-corrected chi connectivity index (χ1v) is 11.2. The van der Waals surface area contributed by atoms with Gasteiger partial charge in [-0.25, -0.2) is 0 Å². The molecule has 0 bridgehead atoms. The largest absolute Gasteiger partial charge is 0.456 e. The molecule has 6 rings (SSSR count). The topological polar surface area (TPSA) is 16.4 Å². The van der Waals surface area contributed by atoms with E-state index in [1.165, 1.54) is 27.9 Å². The minimum Gasteiger partial charge on any atom is -0.456 e. The van der Waals surface area contributed by atoms with Crippen LogP contribution in [0.15, 0.2) is 126 Å². The van der Waals surface area contributed by atoms with Crippen molar-refractivity contribution in [3.8, 4) is 22.3 Å². The fourth-order valence-corrected chi connectivity index (χ4v) is 4.57. The maximum absolute atomic E-state index is 6.01. The standard InChI is InChI=1S/C31H23NO/c1-32(29-16-7-5-14-26(29)22-10-3-2-4-11-22)25-13-9-12-23(20-25)24-18-19-31-28(21-24)27-15-6-8-17-30(27)33-31/h2-21H,1H3. The van der Waals surface area contributed by atoms with Gasteiger partial charge in [-0.3, -0.25) is 0 Å². The van der Waals surface area contributed by atoms with E-state index in [0.29, 0.717) is 0 Å². The third kappa shape index (κ3) is 3.46. The average molecular weight is 426 g/mol. The Balaban J connectivity index is 1.42. The number of nitrogens with zero attached hydrogens (tertiary/aromatic N) is 1. The van der Waals surface area contributed by atoms with Crippen LogP contribution in [0.2, 0.25) is 0 Å². The summed E-state index contributed by atoms with van der Waals surface area (Å²) in [6.45, 7) is 0. The fourth-order valence-electron chi connectivity index (χ4n) is 4.57. The molecular formula is C31H23NO. The van der Waals surface area contributed by atoms with Gasteiger partial charge >= 0.3 is 0 Å². The third-order valence-electron chi connectivity index (χ3n) is 6.29. The lowest BCUT2D eigenvalue weighted by Gasteiger charge is -2.23. The summed E-state index contributed by atoms with van der Waals surface area (Å²) in [5.74, 6) is 0. The van der Waals surface area contributed by atoms with Crippen LogP contribution in [-0.4, -0.2) is 7.05 Å². The summed E-state index contributed by atoms with van der Waals surface area (Å²) in [5, 5.41) is 2.30. The zero-order valence-electron chi connectivity index (χ0n) is 18.4. The van der Waals surface area contributed by atoms with Gasteiger partial charge in [-0.15, -0.1) is 0 Å². The molecule has 6 aromatic rings. The van der Waals surface area contributed by atoms with Crippen molar-refractivity contribution < 1.29 is 4.42 Å². The quantitative estimate of drug-likeness (QED) is 0.281. The molecule has 2 heteroatoms. The number of hydrogen-bond donors (Lipinski definition) is 0. The first-order chi connectivity index (χ1) is 16.3. The monoisotopic (exact) mass is 425 g/mol. The Kier molecular flexibility index (Phi) is 4.70. The van der Waals surface area contributed by atoms with Crippen LogP contribution in [0.25, 0.3) is 44.2 Å². The van der Waals surface area contributed by atoms with Crippen molar-refractivity contribution in [3.05, 3.63) is 121 Å². The van der Waals surface area contributed by atoms with E-state index in [-0.39, 0.29) is 0 Å². The molecule has 158 valence electrons. The van der Waals surface area contributed by atoms with Crippen LogP contribution in [0.3, 0.4) is 0 Å². The van der Waals surface area contributed by atoms with E-state index in [1.807, 2.05) is 12.1 Å². The van der Waals surface area contributed by atoms with Crippen LogP contribution in [0.5, 0.6) is 0 Å². The zero-order chi connectivity index (χ0) is 22.2. The summed E-state index contributed by atoms with van der Waals surface area (Å²) in [6.07, 6.45) is 0. The number of rotatable bonds is 4. The molecule has 5 aromatic carbocycles. The molecule has 2 nitrogen and oxygen atoms in total. The van der Waals surface area contributed by atoms with Gasteiger partial charge in [0.25, 0.3) is 0 Å². The van der Waals surface area contributed by atoms with Crippen molar-refractivity contribution in [1.82, 2.24) is 0 Å². The Morgan fingerprint density at radius 1 is 0.515 bits per heavy atom. The molecule has 0 amide bonds. The van der Waals surface area contributed by atoms with Crippen molar-refractivity contribution in [2.45, 2.75) is 0 Å². The normalized spacial score (nSPS) is 11.2. The first kappa shape index (κ1) is 19.4. The first-order valence-electron chi connectivity index (χ1n) is 11.2. The summed E-state index contributed by atoms with van der Waals surface area (Å²) in [5.41, 5.74) is 8.97. The third-order valence-corrected chi connectivity index (χ3v) is 6.29. The zero-order valence-corrected chi connectivity index (χ0v) is 18.4. The molecule has 0 aliphatic rings. The van der Waals surface area contributed by atoms with Gasteiger partial charge in [0.05, 0.1) is 0 Å². The smallest absolute Gasteiger partial charge is 0.135 e. The van der Waals surface area contributed by atoms with E-state index < -0.39 is 0 Å². The molecule has 0 fully saturated rings. The molecule has 0 saturated heterocycles. The highest BCUT2D eigenvalue weighted by Crippen LogP contribution is 2.37. The fraction of sp³-hybridized carbons (Fsp3) is 0.0323. The average Bonchev–Trinajstić information content (AvgIpc) is 3.27. The molecule has 1 heterocycles. The second kappa shape index (κ2) is 7.99. The molecular weight excluding hydrogens is 402 g/mol. The van der Waals surface area contributed by atoms with Crippen LogP contribution in [-0.2, 0) is 0 Å². The van der Waals surface area contributed by atoms with E-state index in [9.17, 15) is 0 Å². The molecule has 0 radical (unpaired) electrons. The van der Waals surface area contributed by atoms with Crippen LogP contribution in [0.1, 0.15) is 0 Å². The number of para-hydroxylation sites is 2. The Morgan fingerprint density at radius 2 is 1.21 bits per heavy atom. The summed E-state index contributed by atoms with van der Waals surface area (Å²) < 4.78 is 6.01. The lowest BCUT2D eigenvalue weighted by Crippen LogP contribution is -2.10. The van der Waals surface area contributed by atoms with Crippen molar-refractivity contribution in [2.75, 3.05) is 11.9 Å². The number of furan rings is 1. The predicted molar refractivity (Wildman–Crippen MR) is 139 cm³/mol. The van der Waals surface area contributed by atoms with Crippen molar-refractivity contribution in [2.24, 2.45) is 0 Å². The minimum atomic E-state index is 0.921. The lowest BCUT2D eigenvalue weighted by molar-refractivity contribution is 0.669. The van der Waals surface area contributed by atoms with Crippen LogP contribution >= 0.6 is 0 Å². The van der Waals surface area contributed by atoms with Gasteiger partial charge in [0.15, 0.2) is 0 Å². The van der Waals surface area contributed by atoms with Gasteiger partial charge in [0, 0.05) is 34.8 Å². The van der Waals surface area contributed by atoms with E-state index in [2.05, 4.69) is 121 Å². The molecule has 0 unspecified atom stereocenters. The van der Waals surface area contributed by atoms with Crippen molar-refractivity contribution >= 4 is 33.3 Å². The molecule has 0 atom stereocenters. The van der Waals surface area contributed by atoms with E-state index in [0.717, 1.165) is 27.6 Å². The minimum absolute atomic E-state index is 0.921. The highest BCUT2D eigenvalue weighted by atomic mass is 16.3. The summed E-state index contributed by atoms with van der Waals surface area (Å²) in [7, 11) is 2.13. The SMILES string of the molecule is CN(c1cccc(-c2ccc3oc4ccccc4c3c2)c1)c1ccccc1-c1ccccc1. The van der Waals surface area contributed by atoms with Crippen LogP contribution in [0, 0.1) is 0 Å². The van der Waals surface area contributed by atoms with Gasteiger partial charge in [-0.1, -0.05) is 84.9 Å². The highest BCUT2D eigenvalue weighted by molar-refractivity contribution is 6.06. The van der Waals surface area contributed by atoms with Crippen molar-refractivity contribution in [3.63, 3.8) is 0 Å². The molecule has 0 aliphatic heterocycles. The van der Waals surface area contributed by atoms with Gasteiger partial charge in [-0.2, -0.15) is 0 Å². The maximum atomic E-state index is 6.01. The number of fused-ring (bicyclic) bond motifs is 3. The second-order valence-electron chi connectivity index (χ2n) is 8.30. The van der Waals surface area contributed by atoms with Gasteiger partial charge in [0.2, 0.25) is 0 Å². The molecule has 0 saturated carbocycles. The van der Waals surface area contributed by atoms with E-state index in [4.69, 9.17) is 4.42 Å². The summed E-state index contributed by atoms with van der Waals surface area (Å²) >= 11 is 0. The molecule has 0 aliphatic carbocycles. The van der Waals surface area contributed by atoms with Gasteiger partial charge in [0.1, 0.15) is 11.2 Å². The summed E-state index contributed by atoms with van der Waals surface area (Å²) in [6, 6.07) is 42.5. The Labute approximate surface area is 193 Å². The molecule has 0 N–H and O–H groups in total. The predicted octanol–water partition coefficient (Wildman–Crippen LogP) is 8.69. The molecule has 0 spiro atoms.